The number of hydrogen-bond acceptors (Lipinski definition) is 3. The number of nitrogens with two attached hydrogens (primary N) is 1. The van der Waals surface area contributed by atoms with E-state index in [4.69, 9.17) is 15.0 Å². The summed E-state index contributed by atoms with van der Waals surface area (Å²) in [6.07, 6.45) is 7.06. The van der Waals surface area contributed by atoms with E-state index in [1.54, 1.807) is 0 Å². The first-order chi connectivity index (χ1) is 7.07. The SMILES string of the molecule is CC1(C)COB(C2=CC(N)CC=C2)OC1. The van der Waals surface area contributed by atoms with Crippen LogP contribution in [-0.2, 0) is 9.31 Å². The molecule has 1 heterocycles. The molecule has 2 rings (SSSR count). The van der Waals surface area contributed by atoms with Gasteiger partial charge < -0.3 is 15.0 Å². The average Bonchev–Trinajstić information content (AvgIpc) is 2.17. The van der Waals surface area contributed by atoms with E-state index in [0.717, 1.165) is 25.1 Å². The fourth-order valence-corrected chi connectivity index (χ4v) is 1.77. The highest BCUT2D eigenvalue weighted by molar-refractivity contribution is 6.55. The molecule has 15 heavy (non-hydrogen) atoms. The van der Waals surface area contributed by atoms with Gasteiger partial charge in [0.05, 0.1) is 0 Å². The molecule has 2 aliphatic rings. The smallest absolute Gasteiger partial charge is 0.407 e. The average molecular weight is 207 g/mol. The Labute approximate surface area is 91.5 Å². The minimum absolute atomic E-state index is 0.104. The largest absolute Gasteiger partial charge is 0.493 e. The Morgan fingerprint density at radius 2 is 2.07 bits per heavy atom. The van der Waals surface area contributed by atoms with Crippen molar-refractivity contribution in [2.75, 3.05) is 13.2 Å². The van der Waals surface area contributed by atoms with Crippen LogP contribution in [0.15, 0.2) is 23.7 Å². The fraction of sp³-hybridized carbons (Fsp3) is 0.636. The van der Waals surface area contributed by atoms with Crippen LogP contribution in [0.2, 0.25) is 0 Å². The van der Waals surface area contributed by atoms with Crippen molar-refractivity contribution in [2.24, 2.45) is 11.1 Å². The van der Waals surface area contributed by atoms with Crippen LogP contribution in [0.1, 0.15) is 20.3 Å². The van der Waals surface area contributed by atoms with Crippen LogP contribution in [0.5, 0.6) is 0 Å². The number of hydrogen-bond donors (Lipinski definition) is 1. The Bertz CT molecular complexity index is 289. The van der Waals surface area contributed by atoms with Crippen molar-refractivity contribution in [3.05, 3.63) is 23.7 Å². The van der Waals surface area contributed by atoms with Crippen molar-refractivity contribution in [2.45, 2.75) is 26.3 Å². The van der Waals surface area contributed by atoms with Gasteiger partial charge >= 0.3 is 7.12 Å². The van der Waals surface area contributed by atoms with Crippen LogP contribution in [0.3, 0.4) is 0 Å². The van der Waals surface area contributed by atoms with Gasteiger partial charge in [0.25, 0.3) is 0 Å². The molecule has 0 amide bonds. The van der Waals surface area contributed by atoms with Crippen molar-refractivity contribution in [3.8, 4) is 0 Å². The Kier molecular flexibility index (Phi) is 3.00. The quantitative estimate of drug-likeness (QED) is 0.659. The standard InChI is InChI=1S/C11H18BNO2/c1-11(2)7-14-12(15-8-11)9-4-3-5-10(13)6-9/h3-4,6,10H,5,7-8,13H2,1-2H3. The monoisotopic (exact) mass is 207 g/mol. The van der Waals surface area contributed by atoms with Gasteiger partial charge in [-0.2, -0.15) is 0 Å². The molecule has 2 N–H and O–H groups in total. The minimum atomic E-state index is -0.222. The second-order valence-electron chi connectivity index (χ2n) is 5.09. The van der Waals surface area contributed by atoms with Crippen molar-refractivity contribution in [1.82, 2.24) is 0 Å². The van der Waals surface area contributed by atoms with Crippen molar-refractivity contribution in [3.63, 3.8) is 0 Å². The molecule has 1 aliphatic carbocycles. The first kappa shape index (κ1) is 10.9. The normalized spacial score (nSPS) is 30.2. The van der Waals surface area contributed by atoms with Crippen LogP contribution in [0, 0.1) is 5.41 Å². The van der Waals surface area contributed by atoms with Crippen LogP contribution in [-0.4, -0.2) is 26.4 Å². The molecule has 82 valence electrons. The predicted octanol–water partition coefficient (Wildman–Crippen LogP) is 1.30. The number of allylic oxidation sites excluding steroid dienone is 2. The Hall–Kier alpha value is -0.575. The van der Waals surface area contributed by atoms with E-state index in [2.05, 4.69) is 19.9 Å². The Morgan fingerprint density at radius 3 is 2.67 bits per heavy atom. The topological polar surface area (TPSA) is 44.5 Å². The van der Waals surface area contributed by atoms with E-state index in [-0.39, 0.29) is 18.6 Å². The summed E-state index contributed by atoms with van der Waals surface area (Å²) < 4.78 is 11.4. The second kappa shape index (κ2) is 4.12. The highest BCUT2D eigenvalue weighted by Gasteiger charge is 2.34. The summed E-state index contributed by atoms with van der Waals surface area (Å²) in [5, 5.41) is 0. The minimum Gasteiger partial charge on any atom is -0.407 e. The van der Waals surface area contributed by atoms with Crippen molar-refractivity contribution < 1.29 is 9.31 Å². The molecule has 0 spiro atoms. The van der Waals surface area contributed by atoms with E-state index in [1.165, 1.54) is 0 Å². The summed E-state index contributed by atoms with van der Waals surface area (Å²) in [4.78, 5) is 0. The van der Waals surface area contributed by atoms with Crippen LogP contribution in [0.25, 0.3) is 0 Å². The molecule has 0 aromatic carbocycles. The molecule has 1 unspecified atom stereocenters. The summed E-state index contributed by atoms with van der Waals surface area (Å²) in [5.41, 5.74) is 7.03. The predicted molar refractivity (Wildman–Crippen MR) is 61.3 cm³/mol. The van der Waals surface area contributed by atoms with Crippen molar-refractivity contribution in [1.29, 1.82) is 0 Å². The van der Waals surface area contributed by atoms with Gasteiger partial charge in [-0.05, 0) is 11.9 Å². The van der Waals surface area contributed by atoms with Gasteiger partial charge in [0.15, 0.2) is 0 Å². The molecule has 1 saturated heterocycles. The van der Waals surface area contributed by atoms with E-state index in [9.17, 15) is 0 Å². The lowest BCUT2D eigenvalue weighted by atomic mass is 9.72. The van der Waals surface area contributed by atoms with Crippen LogP contribution >= 0.6 is 0 Å². The van der Waals surface area contributed by atoms with Gasteiger partial charge in [-0.1, -0.05) is 32.1 Å². The first-order valence-corrected chi connectivity index (χ1v) is 5.44. The molecule has 1 atom stereocenters. The summed E-state index contributed by atoms with van der Waals surface area (Å²) in [7, 11) is -0.222. The fourth-order valence-electron chi connectivity index (χ4n) is 1.77. The van der Waals surface area contributed by atoms with Gasteiger partial charge in [0.1, 0.15) is 0 Å². The van der Waals surface area contributed by atoms with Gasteiger partial charge in [0, 0.05) is 24.7 Å². The number of rotatable bonds is 1. The lowest BCUT2D eigenvalue weighted by Crippen LogP contribution is -2.42. The maximum atomic E-state index is 5.85. The lowest BCUT2D eigenvalue weighted by molar-refractivity contribution is 0.0325. The molecule has 1 fully saturated rings. The van der Waals surface area contributed by atoms with Crippen molar-refractivity contribution >= 4 is 7.12 Å². The maximum absolute atomic E-state index is 5.85. The molecule has 0 aromatic heterocycles. The third-order valence-corrected chi connectivity index (χ3v) is 2.65. The zero-order valence-corrected chi connectivity index (χ0v) is 9.40. The molecule has 3 nitrogen and oxygen atoms in total. The summed E-state index contributed by atoms with van der Waals surface area (Å²) >= 11 is 0. The van der Waals surface area contributed by atoms with E-state index < -0.39 is 0 Å². The van der Waals surface area contributed by atoms with Gasteiger partial charge in [0.2, 0.25) is 0 Å². The van der Waals surface area contributed by atoms with E-state index in [1.807, 2.05) is 12.2 Å². The van der Waals surface area contributed by atoms with Crippen LogP contribution in [0.4, 0.5) is 0 Å². The molecule has 0 radical (unpaired) electrons. The van der Waals surface area contributed by atoms with Gasteiger partial charge in [-0.25, -0.2) is 0 Å². The summed E-state index contributed by atoms with van der Waals surface area (Å²) in [5.74, 6) is 0. The molecule has 0 bridgehead atoms. The van der Waals surface area contributed by atoms with E-state index in [0.29, 0.717) is 0 Å². The van der Waals surface area contributed by atoms with Crippen LogP contribution < -0.4 is 5.73 Å². The molecular formula is C11H18BNO2. The Balaban J connectivity index is 1.99. The lowest BCUT2D eigenvalue weighted by Gasteiger charge is -2.33. The molecule has 0 aromatic rings. The maximum Gasteiger partial charge on any atom is 0.493 e. The molecule has 4 heteroatoms. The Morgan fingerprint density at radius 1 is 1.40 bits per heavy atom. The van der Waals surface area contributed by atoms with E-state index >= 15 is 0 Å². The highest BCUT2D eigenvalue weighted by Crippen LogP contribution is 2.25. The highest BCUT2D eigenvalue weighted by atomic mass is 16.6. The zero-order chi connectivity index (χ0) is 10.9. The third-order valence-electron chi connectivity index (χ3n) is 2.65. The third kappa shape index (κ3) is 2.71. The van der Waals surface area contributed by atoms with Gasteiger partial charge in [-0.3, -0.25) is 0 Å². The summed E-state index contributed by atoms with van der Waals surface area (Å²) in [6, 6.07) is 0.104. The zero-order valence-electron chi connectivity index (χ0n) is 9.40. The molecule has 1 aliphatic heterocycles. The van der Waals surface area contributed by atoms with Gasteiger partial charge in [-0.15, -0.1) is 0 Å². The first-order valence-electron chi connectivity index (χ1n) is 5.44. The molecule has 0 saturated carbocycles. The summed E-state index contributed by atoms with van der Waals surface area (Å²) in [6.45, 7) is 5.75. The molecular weight excluding hydrogens is 189 g/mol. The second-order valence-corrected chi connectivity index (χ2v) is 5.09.